The van der Waals surface area contributed by atoms with Crippen molar-refractivity contribution in [1.29, 1.82) is 0 Å². The molecule has 2 heterocycles. The Morgan fingerprint density at radius 1 is 1.11 bits per heavy atom. The molecule has 0 bridgehead atoms. The summed E-state index contributed by atoms with van der Waals surface area (Å²) in [5.41, 5.74) is 2.86. The maximum atomic E-state index is 13.1. The number of likely N-dealkylation sites (N-methyl/N-ethyl adjacent to an activating group) is 1. The van der Waals surface area contributed by atoms with E-state index in [0.717, 1.165) is 16.8 Å². The lowest BCUT2D eigenvalue weighted by atomic mass is 9.88. The minimum absolute atomic E-state index is 0.0646. The summed E-state index contributed by atoms with van der Waals surface area (Å²) < 4.78 is 18.6. The summed E-state index contributed by atoms with van der Waals surface area (Å²) in [6.07, 6.45) is 2.19. The van der Waals surface area contributed by atoms with Crippen LogP contribution in [0.5, 0.6) is 0 Å². The third-order valence-electron chi connectivity index (χ3n) is 5.42. The quantitative estimate of drug-likeness (QED) is 0.476. The number of carbonyl (C=O) groups is 1. The molecule has 0 amide bonds. The second kappa shape index (κ2) is 6.16. The predicted molar refractivity (Wildman–Crippen MR) is 108 cm³/mol. The van der Waals surface area contributed by atoms with Crippen LogP contribution in [-0.2, 0) is 0 Å². The van der Waals surface area contributed by atoms with Gasteiger partial charge in [-0.2, -0.15) is 0 Å². The van der Waals surface area contributed by atoms with E-state index < -0.39 is 17.2 Å². The lowest BCUT2D eigenvalue weighted by Crippen LogP contribution is -2.42. The number of hydrogen-bond acceptors (Lipinski definition) is 4. The van der Waals surface area contributed by atoms with E-state index >= 15 is 0 Å². The molecule has 0 N–H and O–H groups in total. The first-order chi connectivity index (χ1) is 13.2. The fourth-order valence-corrected chi connectivity index (χ4v) is 3.68. The third-order valence-corrected chi connectivity index (χ3v) is 5.42. The van der Waals surface area contributed by atoms with Gasteiger partial charge < -0.3 is 9.32 Å². The lowest BCUT2D eigenvalue weighted by molar-refractivity contribution is 0.103. The number of ketones is 1. The number of carbonyl (C=O) groups excluding carboxylic acids is 1. The zero-order valence-electron chi connectivity index (χ0n) is 16.2. The van der Waals surface area contributed by atoms with Gasteiger partial charge in [0.05, 0.1) is 5.54 Å². The Labute approximate surface area is 161 Å². The van der Waals surface area contributed by atoms with Gasteiger partial charge in [-0.3, -0.25) is 4.79 Å². The fraction of sp³-hybridized carbons (Fsp3) is 0.217. The Hall–Kier alpha value is -3.21. The van der Waals surface area contributed by atoms with Gasteiger partial charge in [-0.05, 0) is 62.7 Å². The first-order valence-corrected chi connectivity index (χ1v) is 9.03. The maximum absolute atomic E-state index is 13.1. The van der Waals surface area contributed by atoms with Crippen LogP contribution in [0.15, 0.2) is 57.8 Å². The normalized spacial score (nSPS) is 15.3. The summed E-state index contributed by atoms with van der Waals surface area (Å²) in [5, 5.41) is 0.671. The molecule has 0 unspecified atom stereocenters. The molecule has 0 atom stereocenters. The van der Waals surface area contributed by atoms with Crippen LogP contribution in [-0.4, -0.2) is 18.4 Å². The molecule has 2 aromatic carbocycles. The molecule has 4 nitrogen and oxygen atoms in total. The van der Waals surface area contributed by atoms with Crippen LogP contribution < -0.4 is 10.5 Å². The number of fused-ring (bicyclic) bond motifs is 2. The van der Waals surface area contributed by atoms with E-state index in [9.17, 15) is 14.0 Å². The Kier molecular flexibility index (Phi) is 4.00. The Bertz CT molecular complexity index is 1200. The van der Waals surface area contributed by atoms with E-state index in [0.29, 0.717) is 11.0 Å². The summed E-state index contributed by atoms with van der Waals surface area (Å²) in [6.45, 7) is 6.28. The van der Waals surface area contributed by atoms with E-state index in [1.54, 1.807) is 6.07 Å². The standard InChI is InChI=1S/C23H20FNO3/c1-13-12-23(2,3)25(4)19-11-20-15(9-17(13)19)10-18(22(27)28-20)21(26)14-5-7-16(24)8-6-14/h5-12H,1-4H3. The van der Waals surface area contributed by atoms with Crippen LogP contribution in [0.3, 0.4) is 0 Å². The van der Waals surface area contributed by atoms with Gasteiger partial charge in [0.1, 0.15) is 17.0 Å². The van der Waals surface area contributed by atoms with Crippen molar-refractivity contribution in [1.82, 2.24) is 0 Å². The highest BCUT2D eigenvalue weighted by Gasteiger charge is 2.29. The Morgan fingerprint density at radius 2 is 1.79 bits per heavy atom. The number of anilines is 1. The molecule has 1 aliphatic rings. The first kappa shape index (κ1) is 18.2. The van der Waals surface area contributed by atoms with Gasteiger partial charge >= 0.3 is 5.63 Å². The Morgan fingerprint density at radius 3 is 2.46 bits per heavy atom. The van der Waals surface area contributed by atoms with Crippen molar-refractivity contribution >= 4 is 28.0 Å². The second-order valence-corrected chi connectivity index (χ2v) is 7.73. The molecule has 4 rings (SSSR count). The van der Waals surface area contributed by atoms with E-state index in [2.05, 4.69) is 24.8 Å². The average Bonchev–Trinajstić information content (AvgIpc) is 2.64. The van der Waals surface area contributed by atoms with Gasteiger partial charge in [0, 0.05) is 35.3 Å². The van der Waals surface area contributed by atoms with Crippen molar-refractivity contribution in [3.05, 3.63) is 81.5 Å². The molecule has 1 aromatic heterocycles. The van der Waals surface area contributed by atoms with Crippen LogP contribution in [0.25, 0.3) is 16.5 Å². The summed E-state index contributed by atoms with van der Waals surface area (Å²) in [5.74, 6) is -0.929. The predicted octanol–water partition coefficient (Wildman–Crippen LogP) is 4.79. The zero-order valence-corrected chi connectivity index (χ0v) is 16.2. The molecule has 0 saturated carbocycles. The van der Waals surface area contributed by atoms with Gasteiger partial charge in [-0.15, -0.1) is 0 Å². The van der Waals surface area contributed by atoms with E-state index in [-0.39, 0.29) is 16.7 Å². The molecule has 0 radical (unpaired) electrons. The fourth-order valence-electron chi connectivity index (χ4n) is 3.68. The van der Waals surface area contributed by atoms with Crippen molar-refractivity contribution < 1.29 is 13.6 Å². The third kappa shape index (κ3) is 2.83. The number of halogens is 1. The topological polar surface area (TPSA) is 50.5 Å². The molecule has 0 fully saturated rings. The summed E-state index contributed by atoms with van der Waals surface area (Å²) in [7, 11) is 2.00. The van der Waals surface area contributed by atoms with Gasteiger partial charge in [0.2, 0.25) is 0 Å². The summed E-state index contributed by atoms with van der Waals surface area (Å²) in [6, 6.07) is 10.4. The lowest BCUT2D eigenvalue weighted by Gasteiger charge is -2.40. The van der Waals surface area contributed by atoms with Crippen LogP contribution in [0, 0.1) is 5.82 Å². The summed E-state index contributed by atoms with van der Waals surface area (Å²) in [4.78, 5) is 27.3. The minimum atomic E-state index is -0.702. The van der Waals surface area contributed by atoms with Crippen LogP contribution in [0.4, 0.5) is 10.1 Å². The summed E-state index contributed by atoms with van der Waals surface area (Å²) >= 11 is 0. The molecule has 3 aromatic rings. The van der Waals surface area contributed by atoms with Crippen LogP contribution >= 0.6 is 0 Å². The molecule has 28 heavy (non-hydrogen) atoms. The van der Waals surface area contributed by atoms with Crippen molar-refractivity contribution in [3.63, 3.8) is 0 Å². The van der Waals surface area contributed by atoms with Crippen LogP contribution in [0.1, 0.15) is 42.3 Å². The van der Waals surface area contributed by atoms with E-state index in [1.165, 1.54) is 24.3 Å². The number of nitrogens with zero attached hydrogens (tertiary/aromatic N) is 1. The van der Waals surface area contributed by atoms with Crippen molar-refractivity contribution in [2.75, 3.05) is 11.9 Å². The maximum Gasteiger partial charge on any atom is 0.347 e. The molecule has 0 aliphatic carbocycles. The molecule has 0 saturated heterocycles. The van der Waals surface area contributed by atoms with Gasteiger partial charge in [0.25, 0.3) is 0 Å². The molecule has 0 spiro atoms. The molecule has 142 valence electrons. The molecule has 1 aliphatic heterocycles. The highest BCUT2D eigenvalue weighted by atomic mass is 19.1. The van der Waals surface area contributed by atoms with E-state index in [4.69, 9.17) is 4.42 Å². The first-order valence-electron chi connectivity index (χ1n) is 9.03. The molecular weight excluding hydrogens is 357 g/mol. The number of hydrogen-bond donors (Lipinski definition) is 0. The van der Waals surface area contributed by atoms with Gasteiger partial charge in [-0.25, -0.2) is 9.18 Å². The minimum Gasteiger partial charge on any atom is -0.422 e. The largest absolute Gasteiger partial charge is 0.422 e. The highest BCUT2D eigenvalue weighted by Crippen LogP contribution is 2.39. The second-order valence-electron chi connectivity index (χ2n) is 7.73. The van der Waals surface area contributed by atoms with Crippen molar-refractivity contribution in [3.8, 4) is 0 Å². The highest BCUT2D eigenvalue weighted by molar-refractivity contribution is 6.10. The van der Waals surface area contributed by atoms with Gasteiger partial charge in [0.15, 0.2) is 5.78 Å². The smallest absolute Gasteiger partial charge is 0.347 e. The monoisotopic (exact) mass is 377 g/mol. The van der Waals surface area contributed by atoms with E-state index in [1.807, 2.05) is 26.1 Å². The number of allylic oxidation sites excluding steroid dienone is 1. The molecular formula is C23H20FNO3. The number of rotatable bonds is 2. The molecule has 5 heteroatoms. The van der Waals surface area contributed by atoms with Crippen LogP contribution in [0.2, 0.25) is 0 Å². The Balaban J connectivity index is 1.88. The average molecular weight is 377 g/mol. The number of benzene rings is 2. The van der Waals surface area contributed by atoms with Crippen molar-refractivity contribution in [2.24, 2.45) is 0 Å². The SMILES string of the molecule is CC1=CC(C)(C)N(C)c2cc3oc(=O)c(C(=O)c4ccc(F)cc4)cc3cc21. The zero-order chi connectivity index (χ0) is 20.2. The van der Waals surface area contributed by atoms with Crippen molar-refractivity contribution in [2.45, 2.75) is 26.3 Å². The van der Waals surface area contributed by atoms with Gasteiger partial charge in [-0.1, -0.05) is 6.08 Å².